The van der Waals surface area contributed by atoms with Gasteiger partial charge in [0.1, 0.15) is 0 Å². The number of carbonyl (C=O) groups is 1. The van der Waals surface area contributed by atoms with Gasteiger partial charge in [-0.25, -0.2) is 0 Å². The molecule has 0 radical (unpaired) electrons. The van der Waals surface area contributed by atoms with Crippen molar-refractivity contribution in [3.63, 3.8) is 0 Å². The standard InChI is InChI=1S/C11H21NO/c1-8-6-11(3,4)9(2)5-10(8)12-7-13/h7-10H,5-6H2,1-4H3,(H,12,13)/t8?,9?,10-/m0/s1. The summed E-state index contributed by atoms with van der Waals surface area (Å²) in [5, 5.41) is 2.92. The molecular formula is C11H21NO. The third-order valence-corrected chi connectivity index (χ3v) is 3.76. The Balaban J connectivity index is 2.61. The molecule has 1 N–H and O–H groups in total. The van der Waals surface area contributed by atoms with E-state index in [4.69, 9.17) is 0 Å². The van der Waals surface area contributed by atoms with Crippen LogP contribution in [0.1, 0.15) is 40.5 Å². The van der Waals surface area contributed by atoms with E-state index in [9.17, 15) is 4.79 Å². The summed E-state index contributed by atoms with van der Waals surface area (Å²) in [6.07, 6.45) is 3.17. The highest BCUT2D eigenvalue weighted by atomic mass is 16.1. The lowest BCUT2D eigenvalue weighted by Crippen LogP contribution is -2.45. The molecule has 1 amide bonds. The first-order chi connectivity index (χ1) is 5.97. The smallest absolute Gasteiger partial charge is 0.207 e. The second-order valence-electron chi connectivity index (χ2n) is 5.20. The van der Waals surface area contributed by atoms with Gasteiger partial charge in [0, 0.05) is 6.04 Å². The molecule has 0 aromatic rings. The van der Waals surface area contributed by atoms with E-state index in [1.807, 2.05) is 0 Å². The number of rotatable bonds is 2. The van der Waals surface area contributed by atoms with E-state index in [2.05, 4.69) is 33.0 Å². The third-order valence-electron chi connectivity index (χ3n) is 3.76. The Hall–Kier alpha value is -0.530. The normalized spacial score (nSPS) is 38.3. The number of nitrogens with one attached hydrogen (secondary N) is 1. The minimum atomic E-state index is 0.389. The zero-order valence-corrected chi connectivity index (χ0v) is 9.13. The van der Waals surface area contributed by atoms with E-state index in [0.717, 1.165) is 12.8 Å². The van der Waals surface area contributed by atoms with E-state index in [0.29, 0.717) is 23.3 Å². The molecule has 0 saturated heterocycles. The highest BCUT2D eigenvalue weighted by Crippen LogP contribution is 2.42. The summed E-state index contributed by atoms with van der Waals surface area (Å²) in [5.41, 5.74) is 0.431. The van der Waals surface area contributed by atoms with E-state index < -0.39 is 0 Å². The first-order valence-electron chi connectivity index (χ1n) is 5.17. The second kappa shape index (κ2) is 3.69. The van der Waals surface area contributed by atoms with Crippen LogP contribution in [0.4, 0.5) is 0 Å². The number of hydrogen-bond acceptors (Lipinski definition) is 1. The van der Waals surface area contributed by atoms with Gasteiger partial charge in [0.15, 0.2) is 0 Å². The topological polar surface area (TPSA) is 29.1 Å². The van der Waals surface area contributed by atoms with Gasteiger partial charge in [-0.3, -0.25) is 4.79 Å². The summed E-state index contributed by atoms with van der Waals surface area (Å²) >= 11 is 0. The van der Waals surface area contributed by atoms with Crippen molar-refractivity contribution in [3.05, 3.63) is 0 Å². The van der Waals surface area contributed by atoms with Crippen LogP contribution >= 0.6 is 0 Å². The van der Waals surface area contributed by atoms with Gasteiger partial charge in [-0.15, -0.1) is 0 Å². The van der Waals surface area contributed by atoms with Crippen molar-refractivity contribution in [3.8, 4) is 0 Å². The molecule has 0 spiro atoms. The minimum Gasteiger partial charge on any atom is -0.356 e. The molecule has 2 unspecified atom stereocenters. The number of carbonyl (C=O) groups excluding carboxylic acids is 1. The Kier molecular flexibility index (Phi) is 2.99. The summed E-state index contributed by atoms with van der Waals surface area (Å²) in [4.78, 5) is 10.4. The average Bonchev–Trinajstić information content (AvgIpc) is 2.00. The largest absolute Gasteiger partial charge is 0.356 e. The Labute approximate surface area is 81.1 Å². The van der Waals surface area contributed by atoms with Crippen molar-refractivity contribution in [1.29, 1.82) is 0 Å². The summed E-state index contributed by atoms with van der Waals surface area (Å²) in [5.74, 6) is 1.30. The molecule has 13 heavy (non-hydrogen) atoms. The van der Waals surface area contributed by atoms with Gasteiger partial charge in [-0.2, -0.15) is 0 Å². The average molecular weight is 183 g/mol. The summed E-state index contributed by atoms with van der Waals surface area (Å²) in [6.45, 7) is 9.16. The Morgan fingerprint density at radius 3 is 2.54 bits per heavy atom. The van der Waals surface area contributed by atoms with Gasteiger partial charge in [0.05, 0.1) is 0 Å². The molecular weight excluding hydrogens is 162 g/mol. The van der Waals surface area contributed by atoms with Crippen LogP contribution in [-0.4, -0.2) is 12.5 Å². The van der Waals surface area contributed by atoms with Crippen LogP contribution in [0.25, 0.3) is 0 Å². The SMILES string of the molecule is CC1CC(C)(C)C(C)C[C@@H]1NC=O. The van der Waals surface area contributed by atoms with E-state index in [1.54, 1.807) is 0 Å². The van der Waals surface area contributed by atoms with Gasteiger partial charge in [-0.1, -0.05) is 27.7 Å². The molecule has 2 heteroatoms. The lowest BCUT2D eigenvalue weighted by molar-refractivity contribution is -0.111. The van der Waals surface area contributed by atoms with Crippen LogP contribution in [0, 0.1) is 17.3 Å². The van der Waals surface area contributed by atoms with E-state index in [1.165, 1.54) is 6.42 Å². The third kappa shape index (κ3) is 2.23. The fourth-order valence-corrected chi connectivity index (χ4v) is 2.43. The summed E-state index contributed by atoms with van der Waals surface area (Å²) in [7, 11) is 0. The molecule has 1 aliphatic rings. The Morgan fingerprint density at radius 2 is 2.00 bits per heavy atom. The van der Waals surface area contributed by atoms with Crippen molar-refractivity contribution < 1.29 is 4.79 Å². The summed E-state index contributed by atoms with van der Waals surface area (Å²) in [6, 6.07) is 0.389. The van der Waals surface area contributed by atoms with Gasteiger partial charge < -0.3 is 5.32 Å². The zero-order chi connectivity index (χ0) is 10.1. The summed E-state index contributed by atoms with van der Waals surface area (Å²) < 4.78 is 0. The maximum Gasteiger partial charge on any atom is 0.207 e. The maximum absolute atomic E-state index is 10.4. The van der Waals surface area contributed by atoms with Crippen molar-refractivity contribution in [1.82, 2.24) is 5.32 Å². The van der Waals surface area contributed by atoms with E-state index in [-0.39, 0.29) is 0 Å². The van der Waals surface area contributed by atoms with Crippen LogP contribution in [-0.2, 0) is 4.79 Å². The van der Waals surface area contributed by atoms with Crippen molar-refractivity contribution in [2.45, 2.75) is 46.6 Å². The maximum atomic E-state index is 10.4. The van der Waals surface area contributed by atoms with Crippen LogP contribution in [0.3, 0.4) is 0 Å². The molecule has 2 nitrogen and oxygen atoms in total. The number of hydrogen-bond donors (Lipinski definition) is 1. The quantitative estimate of drug-likeness (QED) is 0.653. The van der Waals surface area contributed by atoms with Gasteiger partial charge >= 0.3 is 0 Å². The lowest BCUT2D eigenvalue weighted by Gasteiger charge is -2.44. The van der Waals surface area contributed by atoms with Gasteiger partial charge in [-0.05, 0) is 30.1 Å². The molecule has 1 rings (SSSR count). The molecule has 0 aliphatic heterocycles. The first-order valence-corrected chi connectivity index (χ1v) is 5.17. The first kappa shape index (κ1) is 10.6. The lowest BCUT2D eigenvalue weighted by atomic mass is 9.64. The van der Waals surface area contributed by atoms with Crippen LogP contribution < -0.4 is 5.32 Å². The highest BCUT2D eigenvalue weighted by molar-refractivity contribution is 5.46. The molecule has 0 aromatic heterocycles. The molecule has 3 atom stereocenters. The molecule has 0 aromatic carbocycles. The molecule has 1 saturated carbocycles. The van der Waals surface area contributed by atoms with E-state index >= 15 is 0 Å². The Morgan fingerprint density at radius 1 is 1.38 bits per heavy atom. The van der Waals surface area contributed by atoms with Gasteiger partial charge in [0.25, 0.3) is 0 Å². The Bertz CT molecular complexity index is 189. The fraction of sp³-hybridized carbons (Fsp3) is 0.909. The predicted molar refractivity (Wildman–Crippen MR) is 54.3 cm³/mol. The van der Waals surface area contributed by atoms with Crippen LogP contribution in [0.2, 0.25) is 0 Å². The molecule has 76 valence electrons. The van der Waals surface area contributed by atoms with Crippen molar-refractivity contribution in [2.24, 2.45) is 17.3 Å². The molecule has 0 heterocycles. The van der Waals surface area contributed by atoms with Crippen LogP contribution in [0.15, 0.2) is 0 Å². The monoisotopic (exact) mass is 183 g/mol. The molecule has 1 aliphatic carbocycles. The van der Waals surface area contributed by atoms with Gasteiger partial charge in [0.2, 0.25) is 6.41 Å². The zero-order valence-electron chi connectivity index (χ0n) is 9.13. The minimum absolute atomic E-state index is 0.389. The van der Waals surface area contributed by atoms with Crippen molar-refractivity contribution in [2.75, 3.05) is 0 Å². The van der Waals surface area contributed by atoms with Crippen LogP contribution in [0.5, 0.6) is 0 Å². The number of amides is 1. The fourth-order valence-electron chi connectivity index (χ4n) is 2.43. The molecule has 0 bridgehead atoms. The predicted octanol–water partition coefficient (Wildman–Crippen LogP) is 2.19. The highest BCUT2D eigenvalue weighted by Gasteiger charge is 2.37. The molecule has 1 fully saturated rings. The second-order valence-corrected chi connectivity index (χ2v) is 5.20. The van der Waals surface area contributed by atoms with Crippen molar-refractivity contribution >= 4 is 6.41 Å².